The second-order valence-corrected chi connectivity index (χ2v) is 9.94. The highest BCUT2D eigenvalue weighted by molar-refractivity contribution is 7.89. The number of nitrogens with one attached hydrogen (secondary N) is 1. The summed E-state index contributed by atoms with van der Waals surface area (Å²) in [7, 11) is -1.98. The first-order valence-electron chi connectivity index (χ1n) is 11.0. The SMILES string of the molecule is COc1ccc(S(=O)(=O)N2CCCC2)cc1CCC(=O)NCc1ccc(-n2ccnc2)cc1. The van der Waals surface area contributed by atoms with Crippen molar-refractivity contribution in [3.8, 4) is 11.4 Å². The van der Waals surface area contributed by atoms with Crippen LogP contribution < -0.4 is 10.1 Å². The van der Waals surface area contributed by atoms with Gasteiger partial charge in [-0.15, -0.1) is 0 Å². The Morgan fingerprint density at radius 1 is 1.12 bits per heavy atom. The monoisotopic (exact) mass is 468 g/mol. The fourth-order valence-electron chi connectivity index (χ4n) is 3.92. The van der Waals surface area contributed by atoms with Crippen molar-refractivity contribution in [2.75, 3.05) is 20.2 Å². The van der Waals surface area contributed by atoms with Crippen molar-refractivity contribution in [3.63, 3.8) is 0 Å². The minimum absolute atomic E-state index is 0.108. The van der Waals surface area contributed by atoms with Gasteiger partial charge in [0.2, 0.25) is 15.9 Å². The lowest BCUT2D eigenvalue weighted by atomic mass is 10.1. The number of aromatic nitrogens is 2. The number of hydrogen-bond acceptors (Lipinski definition) is 5. The van der Waals surface area contributed by atoms with Gasteiger partial charge < -0.3 is 14.6 Å². The molecule has 1 aliphatic rings. The fraction of sp³-hybridized carbons (Fsp3) is 0.333. The smallest absolute Gasteiger partial charge is 0.243 e. The summed E-state index contributed by atoms with van der Waals surface area (Å²) in [6.45, 7) is 1.52. The van der Waals surface area contributed by atoms with Crippen molar-refractivity contribution in [3.05, 3.63) is 72.3 Å². The van der Waals surface area contributed by atoms with Crippen LogP contribution >= 0.6 is 0 Å². The number of benzene rings is 2. The molecule has 0 unspecified atom stereocenters. The Balaban J connectivity index is 1.35. The summed E-state index contributed by atoms with van der Waals surface area (Å²) in [5.41, 5.74) is 2.69. The van der Waals surface area contributed by atoms with E-state index in [0.717, 1.165) is 24.1 Å². The number of nitrogens with zero attached hydrogens (tertiary/aromatic N) is 3. The summed E-state index contributed by atoms with van der Waals surface area (Å²) in [5, 5.41) is 2.93. The zero-order valence-corrected chi connectivity index (χ0v) is 19.4. The van der Waals surface area contributed by atoms with E-state index in [9.17, 15) is 13.2 Å². The maximum atomic E-state index is 12.9. The van der Waals surface area contributed by atoms with Gasteiger partial charge in [0.15, 0.2) is 0 Å². The van der Waals surface area contributed by atoms with E-state index in [1.165, 1.54) is 4.31 Å². The number of sulfonamides is 1. The Labute approximate surface area is 194 Å². The number of ether oxygens (including phenoxy) is 1. The largest absolute Gasteiger partial charge is 0.496 e. The Hall–Kier alpha value is -3.17. The molecule has 174 valence electrons. The summed E-state index contributed by atoms with van der Waals surface area (Å²) in [5.74, 6) is 0.474. The second-order valence-electron chi connectivity index (χ2n) is 8.00. The minimum atomic E-state index is -3.52. The Kier molecular flexibility index (Phi) is 7.10. The van der Waals surface area contributed by atoms with E-state index in [2.05, 4.69) is 10.3 Å². The molecule has 1 fully saturated rings. The molecule has 33 heavy (non-hydrogen) atoms. The molecule has 1 aromatic heterocycles. The number of methoxy groups -OCH3 is 1. The van der Waals surface area contributed by atoms with Crippen molar-refractivity contribution >= 4 is 15.9 Å². The van der Waals surface area contributed by atoms with Crippen molar-refractivity contribution < 1.29 is 17.9 Å². The van der Waals surface area contributed by atoms with E-state index in [-0.39, 0.29) is 17.2 Å². The Morgan fingerprint density at radius 3 is 2.55 bits per heavy atom. The molecule has 0 radical (unpaired) electrons. The molecule has 1 amide bonds. The number of carbonyl (C=O) groups is 1. The Bertz CT molecular complexity index is 1190. The van der Waals surface area contributed by atoms with Crippen LogP contribution in [0.15, 0.2) is 66.1 Å². The van der Waals surface area contributed by atoms with Gasteiger partial charge >= 0.3 is 0 Å². The third-order valence-electron chi connectivity index (χ3n) is 5.80. The molecule has 1 saturated heterocycles. The van der Waals surface area contributed by atoms with Crippen LogP contribution in [0.5, 0.6) is 5.75 Å². The van der Waals surface area contributed by atoms with Gasteiger partial charge in [0, 0.05) is 44.1 Å². The molecule has 0 atom stereocenters. The van der Waals surface area contributed by atoms with Gasteiger partial charge in [0.25, 0.3) is 0 Å². The van der Waals surface area contributed by atoms with Crippen LogP contribution in [0.3, 0.4) is 0 Å². The number of amides is 1. The van der Waals surface area contributed by atoms with E-state index in [1.807, 2.05) is 35.0 Å². The van der Waals surface area contributed by atoms with Gasteiger partial charge in [-0.2, -0.15) is 4.31 Å². The van der Waals surface area contributed by atoms with Crippen LogP contribution in [0.4, 0.5) is 0 Å². The van der Waals surface area contributed by atoms with Crippen molar-refractivity contribution in [2.45, 2.75) is 37.1 Å². The van der Waals surface area contributed by atoms with Gasteiger partial charge in [0.05, 0.1) is 18.3 Å². The molecule has 0 spiro atoms. The van der Waals surface area contributed by atoms with E-state index < -0.39 is 10.0 Å². The van der Waals surface area contributed by atoms with Crippen LogP contribution in [0, 0.1) is 0 Å². The quantitative estimate of drug-likeness (QED) is 0.521. The minimum Gasteiger partial charge on any atom is -0.496 e. The summed E-state index contributed by atoms with van der Waals surface area (Å²) in [4.78, 5) is 16.7. The van der Waals surface area contributed by atoms with E-state index in [0.29, 0.717) is 37.4 Å². The number of imidazole rings is 1. The van der Waals surface area contributed by atoms with Crippen molar-refractivity contribution in [1.82, 2.24) is 19.2 Å². The molecule has 4 rings (SSSR count). The Morgan fingerprint density at radius 2 is 1.88 bits per heavy atom. The van der Waals surface area contributed by atoms with Crippen LogP contribution in [0.1, 0.15) is 30.4 Å². The summed E-state index contributed by atoms with van der Waals surface area (Å²) < 4.78 is 34.6. The first-order valence-corrected chi connectivity index (χ1v) is 12.4. The maximum absolute atomic E-state index is 12.9. The van der Waals surface area contributed by atoms with Crippen LogP contribution in [0.25, 0.3) is 5.69 Å². The lowest BCUT2D eigenvalue weighted by molar-refractivity contribution is -0.121. The standard InChI is InChI=1S/C24H28N4O4S/c1-32-23-10-9-22(33(30,31)28-13-2-3-14-28)16-20(23)6-11-24(29)26-17-19-4-7-21(8-5-19)27-15-12-25-18-27/h4-5,7-10,12,15-16,18H,2-3,6,11,13-14,17H2,1H3,(H,26,29). The molecular formula is C24H28N4O4S. The van der Waals surface area contributed by atoms with Gasteiger partial charge in [-0.05, 0) is 60.7 Å². The predicted octanol–water partition coefficient (Wildman–Crippen LogP) is 2.91. The van der Waals surface area contributed by atoms with E-state index >= 15 is 0 Å². The van der Waals surface area contributed by atoms with Crippen molar-refractivity contribution in [1.29, 1.82) is 0 Å². The third-order valence-corrected chi connectivity index (χ3v) is 7.70. The lowest BCUT2D eigenvalue weighted by Crippen LogP contribution is -2.28. The van der Waals surface area contributed by atoms with E-state index in [1.54, 1.807) is 37.8 Å². The molecule has 0 aliphatic carbocycles. The normalized spacial score (nSPS) is 14.3. The number of aryl methyl sites for hydroxylation is 1. The van der Waals surface area contributed by atoms with Crippen LogP contribution in [-0.2, 0) is 27.8 Å². The molecule has 0 saturated carbocycles. The lowest BCUT2D eigenvalue weighted by Gasteiger charge is -2.17. The third kappa shape index (κ3) is 5.43. The highest BCUT2D eigenvalue weighted by Crippen LogP contribution is 2.27. The number of carbonyl (C=O) groups excluding carboxylic acids is 1. The molecule has 8 nitrogen and oxygen atoms in total. The predicted molar refractivity (Wildman–Crippen MR) is 125 cm³/mol. The molecule has 9 heteroatoms. The van der Waals surface area contributed by atoms with Gasteiger partial charge in [-0.1, -0.05) is 12.1 Å². The first-order chi connectivity index (χ1) is 16.0. The average Bonchev–Trinajstić information content (AvgIpc) is 3.56. The molecular weight excluding hydrogens is 440 g/mol. The second kappa shape index (κ2) is 10.2. The topological polar surface area (TPSA) is 93.5 Å². The highest BCUT2D eigenvalue weighted by atomic mass is 32.2. The van der Waals surface area contributed by atoms with Crippen molar-refractivity contribution in [2.24, 2.45) is 0 Å². The molecule has 2 heterocycles. The van der Waals surface area contributed by atoms with Crippen LogP contribution in [-0.4, -0.2) is 48.4 Å². The van der Waals surface area contributed by atoms with Gasteiger partial charge in [-0.3, -0.25) is 4.79 Å². The van der Waals surface area contributed by atoms with E-state index in [4.69, 9.17) is 4.74 Å². The fourth-order valence-corrected chi connectivity index (χ4v) is 5.49. The molecule has 3 aromatic rings. The highest BCUT2D eigenvalue weighted by Gasteiger charge is 2.27. The van der Waals surface area contributed by atoms with Gasteiger partial charge in [-0.25, -0.2) is 13.4 Å². The number of hydrogen-bond donors (Lipinski definition) is 1. The summed E-state index contributed by atoms with van der Waals surface area (Å²) in [6.07, 6.45) is 7.71. The number of rotatable bonds is 9. The first kappa shape index (κ1) is 23.0. The average molecular weight is 469 g/mol. The zero-order valence-electron chi connectivity index (χ0n) is 18.6. The summed E-state index contributed by atoms with van der Waals surface area (Å²) >= 11 is 0. The van der Waals surface area contributed by atoms with Gasteiger partial charge in [0.1, 0.15) is 5.75 Å². The van der Waals surface area contributed by atoms with Crippen LogP contribution in [0.2, 0.25) is 0 Å². The molecule has 2 aromatic carbocycles. The molecule has 1 N–H and O–H groups in total. The summed E-state index contributed by atoms with van der Waals surface area (Å²) in [6, 6.07) is 12.7. The maximum Gasteiger partial charge on any atom is 0.243 e. The molecule has 0 bridgehead atoms. The molecule has 1 aliphatic heterocycles. The zero-order chi connectivity index (χ0) is 23.3.